The molecule has 3 aliphatic rings. The Balaban J connectivity index is 1.27. The van der Waals surface area contributed by atoms with Crippen LogP contribution >= 0.6 is 0 Å². The van der Waals surface area contributed by atoms with Gasteiger partial charge in [-0.1, -0.05) is 32.3 Å². The van der Waals surface area contributed by atoms with Crippen LogP contribution in [0.25, 0.3) is 0 Å². The molecule has 30 heavy (non-hydrogen) atoms. The van der Waals surface area contributed by atoms with Gasteiger partial charge in [-0.25, -0.2) is 0 Å². The Hall–Kier alpha value is -1.58. The Morgan fingerprint density at radius 1 is 0.867 bits per heavy atom. The minimum Gasteiger partial charge on any atom is -0.487 e. The molecule has 0 spiro atoms. The van der Waals surface area contributed by atoms with Crippen molar-refractivity contribution >= 4 is 0 Å². The smallest absolute Gasteiger partial charge is 0.204 e. The maximum Gasteiger partial charge on any atom is 0.204 e. The minimum atomic E-state index is -0.938. The van der Waals surface area contributed by atoms with Crippen molar-refractivity contribution in [3.8, 4) is 11.5 Å². The van der Waals surface area contributed by atoms with Gasteiger partial charge in [-0.05, 0) is 93.2 Å². The van der Waals surface area contributed by atoms with Gasteiger partial charge in [0.2, 0.25) is 11.6 Å². The maximum absolute atomic E-state index is 14.5. The van der Waals surface area contributed by atoms with Crippen molar-refractivity contribution in [1.82, 2.24) is 0 Å². The van der Waals surface area contributed by atoms with Crippen molar-refractivity contribution in [2.75, 3.05) is 6.61 Å². The third-order valence-corrected chi connectivity index (χ3v) is 7.70. The molecular formula is C26H36F2O2. The maximum atomic E-state index is 14.5. The first-order valence-electron chi connectivity index (χ1n) is 12.1. The van der Waals surface area contributed by atoms with E-state index in [-0.39, 0.29) is 17.6 Å². The first kappa shape index (κ1) is 21.6. The van der Waals surface area contributed by atoms with Crippen LogP contribution in [0.5, 0.6) is 11.5 Å². The number of hydrogen-bond acceptors (Lipinski definition) is 2. The normalized spacial score (nSPS) is 27.7. The lowest BCUT2D eigenvalue weighted by molar-refractivity contribution is 0.187. The number of allylic oxidation sites excluding steroid dienone is 1. The van der Waals surface area contributed by atoms with Crippen LogP contribution in [0.15, 0.2) is 23.8 Å². The van der Waals surface area contributed by atoms with Crippen LogP contribution in [0, 0.1) is 29.4 Å². The molecule has 3 aliphatic carbocycles. The van der Waals surface area contributed by atoms with Crippen molar-refractivity contribution < 1.29 is 18.3 Å². The molecule has 1 aromatic rings. The molecular weight excluding hydrogens is 382 g/mol. The Kier molecular flexibility index (Phi) is 7.32. The summed E-state index contributed by atoms with van der Waals surface area (Å²) in [7, 11) is 0. The van der Waals surface area contributed by atoms with Gasteiger partial charge in [0.15, 0.2) is 11.5 Å². The van der Waals surface area contributed by atoms with Crippen molar-refractivity contribution in [3.63, 3.8) is 0 Å². The van der Waals surface area contributed by atoms with E-state index in [1.54, 1.807) is 0 Å². The summed E-state index contributed by atoms with van der Waals surface area (Å²) < 4.78 is 40.1. The lowest BCUT2D eigenvalue weighted by Crippen LogP contribution is -2.23. The SMILES string of the molecule is CCC1CCC(C2CC=C(COc3ccc(OC4CCCC4)c(F)c3F)CC2)CC1. The first-order chi connectivity index (χ1) is 14.6. The third kappa shape index (κ3) is 5.18. The van der Waals surface area contributed by atoms with Gasteiger partial charge in [-0.2, -0.15) is 8.78 Å². The molecule has 0 N–H and O–H groups in total. The van der Waals surface area contributed by atoms with E-state index >= 15 is 0 Å². The van der Waals surface area contributed by atoms with Crippen molar-refractivity contribution in [2.45, 2.75) is 90.1 Å². The summed E-state index contributed by atoms with van der Waals surface area (Å²) in [6, 6.07) is 3.01. The number of rotatable bonds is 7. The number of ether oxygens (including phenoxy) is 2. The molecule has 0 radical (unpaired) electrons. The number of hydrogen-bond donors (Lipinski definition) is 0. The molecule has 0 heterocycles. The van der Waals surface area contributed by atoms with Crippen molar-refractivity contribution in [1.29, 1.82) is 0 Å². The molecule has 1 aromatic carbocycles. The van der Waals surface area contributed by atoms with Crippen LogP contribution in [0.2, 0.25) is 0 Å². The fourth-order valence-electron chi connectivity index (χ4n) is 5.61. The molecule has 1 atom stereocenters. The second-order valence-corrected chi connectivity index (χ2v) is 9.59. The first-order valence-corrected chi connectivity index (χ1v) is 12.1. The topological polar surface area (TPSA) is 18.5 Å². The van der Waals surface area contributed by atoms with Gasteiger partial charge in [-0.3, -0.25) is 0 Å². The fourth-order valence-corrected chi connectivity index (χ4v) is 5.61. The second-order valence-electron chi connectivity index (χ2n) is 9.59. The highest BCUT2D eigenvalue weighted by atomic mass is 19.2. The summed E-state index contributed by atoms with van der Waals surface area (Å²) in [5, 5.41) is 0. The lowest BCUT2D eigenvalue weighted by Gasteiger charge is -2.35. The van der Waals surface area contributed by atoms with Crippen LogP contribution < -0.4 is 9.47 Å². The predicted octanol–water partition coefficient (Wildman–Crippen LogP) is 7.61. The Bertz CT molecular complexity index is 731. The van der Waals surface area contributed by atoms with E-state index in [0.717, 1.165) is 56.3 Å². The van der Waals surface area contributed by atoms with E-state index in [0.29, 0.717) is 6.61 Å². The number of benzene rings is 1. The van der Waals surface area contributed by atoms with E-state index in [9.17, 15) is 8.78 Å². The average Bonchev–Trinajstić information content (AvgIpc) is 3.30. The van der Waals surface area contributed by atoms with Gasteiger partial charge in [0, 0.05) is 0 Å². The summed E-state index contributed by atoms with van der Waals surface area (Å²) in [6.07, 6.45) is 16.5. The molecule has 2 fully saturated rings. The largest absolute Gasteiger partial charge is 0.487 e. The van der Waals surface area contributed by atoms with E-state index in [1.165, 1.54) is 56.2 Å². The van der Waals surface area contributed by atoms with Crippen molar-refractivity contribution in [2.24, 2.45) is 17.8 Å². The van der Waals surface area contributed by atoms with Gasteiger partial charge >= 0.3 is 0 Å². The zero-order valence-electron chi connectivity index (χ0n) is 18.3. The number of halogens is 2. The minimum absolute atomic E-state index is 0.00281. The monoisotopic (exact) mass is 418 g/mol. The van der Waals surface area contributed by atoms with Crippen LogP contribution in [-0.4, -0.2) is 12.7 Å². The highest BCUT2D eigenvalue weighted by molar-refractivity contribution is 5.35. The highest BCUT2D eigenvalue weighted by Crippen LogP contribution is 2.40. The van der Waals surface area contributed by atoms with Gasteiger partial charge in [0.25, 0.3) is 0 Å². The predicted molar refractivity (Wildman–Crippen MR) is 116 cm³/mol. The standard InChI is InChI=1S/C26H36F2O2/c1-2-18-7-11-20(12-8-18)21-13-9-19(10-14-21)17-29-23-15-16-24(26(28)25(23)27)30-22-5-3-4-6-22/h9,15-16,18,20-22H,2-8,10-14,17H2,1H3. The molecule has 4 rings (SSSR count). The van der Waals surface area contributed by atoms with Gasteiger partial charge in [0.05, 0.1) is 6.10 Å². The Morgan fingerprint density at radius 2 is 1.57 bits per heavy atom. The van der Waals surface area contributed by atoms with E-state index < -0.39 is 11.6 Å². The zero-order chi connectivity index (χ0) is 20.9. The molecule has 0 aromatic heterocycles. The quantitative estimate of drug-likeness (QED) is 0.424. The van der Waals surface area contributed by atoms with E-state index in [1.807, 2.05) is 0 Å². The van der Waals surface area contributed by atoms with E-state index in [2.05, 4.69) is 13.0 Å². The lowest BCUT2D eigenvalue weighted by atomic mass is 9.71. The van der Waals surface area contributed by atoms with Crippen LogP contribution in [0.3, 0.4) is 0 Å². The Morgan fingerprint density at radius 3 is 2.23 bits per heavy atom. The van der Waals surface area contributed by atoms with Crippen LogP contribution in [-0.2, 0) is 0 Å². The molecule has 0 amide bonds. The summed E-state index contributed by atoms with van der Waals surface area (Å²) in [5.41, 5.74) is 1.21. The molecule has 0 aliphatic heterocycles. The second kappa shape index (κ2) is 10.2. The van der Waals surface area contributed by atoms with Gasteiger partial charge in [0.1, 0.15) is 6.61 Å². The fraction of sp³-hybridized carbons (Fsp3) is 0.692. The molecule has 1 unspecified atom stereocenters. The molecule has 0 bridgehead atoms. The van der Waals surface area contributed by atoms with Gasteiger partial charge in [-0.15, -0.1) is 0 Å². The summed E-state index contributed by atoms with van der Waals surface area (Å²) in [6.45, 7) is 2.65. The third-order valence-electron chi connectivity index (χ3n) is 7.70. The summed E-state index contributed by atoms with van der Waals surface area (Å²) in [5.74, 6) is 0.705. The molecule has 2 saturated carbocycles. The van der Waals surface area contributed by atoms with Gasteiger partial charge < -0.3 is 9.47 Å². The zero-order valence-corrected chi connectivity index (χ0v) is 18.3. The summed E-state index contributed by atoms with van der Waals surface area (Å²) in [4.78, 5) is 0. The highest BCUT2D eigenvalue weighted by Gasteiger charge is 2.28. The molecule has 0 saturated heterocycles. The Labute approximate surface area is 180 Å². The summed E-state index contributed by atoms with van der Waals surface area (Å²) >= 11 is 0. The van der Waals surface area contributed by atoms with Crippen molar-refractivity contribution in [3.05, 3.63) is 35.4 Å². The molecule has 166 valence electrons. The average molecular weight is 419 g/mol. The molecule has 4 heteroatoms. The van der Waals surface area contributed by atoms with E-state index in [4.69, 9.17) is 9.47 Å². The van der Waals surface area contributed by atoms with Crippen LogP contribution in [0.4, 0.5) is 8.78 Å². The molecule has 2 nitrogen and oxygen atoms in total. The van der Waals surface area contributed by atoms with Crippen LogP contribution in [0.1, 0.15) is 84.0 Å².